The second-order valence-corrected chi connectivity index (χ2v) is 6.90. The molecule has 0 aliphatic carbocycles. The fourth-order valence-corrected chi connectivity index (χ4v) is 2.98. The molecule has 0 radical (unpaired) electrons. The van der Waals surface area contributed by atoms with E-state index in [0.717, 1.165) is 22.6 Å². The molecule has 1 aromatic heterocycles. The predicted octanol–water partition coefficient (Wildman–Crippen LogP) is 2.97. The normalized spacial score (nSPS) is 10.9. The highest BCUT2D eigenvalue weighted by molar-refractivity contribution is 5.77. The SMILES string of the molecule is COc1ccc(CN(C)CC(=O)N(C)Cc2cnn(-c3ccccc3)c2)cc1. The number of nitrogens with zero attached hydrogens (tertiary/aromatic N) is 4. The minimum atomic E-state index is 0.0727. The van der Waals surface area contributed by atoms with Gasteiger partial charge in [0.15, 0.2) is 0 Å². The molecule has 2 aromatic carbocycles. The predicted molar refractivity (Wildman–Crippen MR) is 109 cm³/mol. The third-order valence-corrected chi connectivity index (χ3v) is 4.52. The van der Waals surface area contributed by atoms with Gasteiger partial charge in [0.25, 0.3) is 0 Å². The maximum absolute atomic E-state index is 12.6. The second kappa shape index (κ2) is 9.19. The molecule has 3 rings (SSSR count). The van der Waals surface area contributed by atoms with Crippen LogP contribution < -0.4 is 4.74 Å². The van der Waals surface area contributed by atoms with Gasteiger partial charge in [-0.15, -0.1) is 0 Å². The van der Waals surface area contributed by atoms with Gasteiger partial charge in [0.2, 0.25) is 5.91 Å². The topological polar surface area (TPSA) is 50.6 Å². The molecule has 0 atom stereocenters. The van der Waals surface area contributed by atoms with Crippen LogP contribution in [0.2, 0.25) is 0 Å². The van der Waals surface area contributed by atoms with Crippen molar-refractivity contribution < 1.29 is 9.53 Å². The summed E-state index contributed by atoms with van der Waals surface area (Å²) in [7, 11) is 5.42. The van der Waals surface area contributed by atoms with Gasteiger partial charge >= 0.3 is 0 Å². The number of likely N-dealkylation sites (N-methyl/N-ethyl adjacent to an activating group) is 2. The van der Waals surface area contributed by atoms with Crippen molar-refractivity contribution in [2.75, 3.05) is 27.7 Å². The monoisotopic (exact) mass is 378 g/mol. The molecule has 3 aromatic rings. The van der Waals surface area contributed by atoms with E-state index in [9.17, 15) is 4.79 Å². The van der Waals surface area contributed by atoms with E-state index in [4.69, 9.17) is 4.74 Å². The number of hydrogen-bond acceptors (Lipinski definition) is 4. The highest BCUT2D eigenvalue weighted by atomic mass is 16.5. The van der Waals surface area contributed by atoms with Gasteiger partial charge in [0, 0.05) is 31.9 Å². The van der Waals surface area contributed by atoms with Crippen LogP contribution in [0, 0.1) is 0 Å². The number of methoxy groups -OCH3 is 1. The Labute approximate surface area is 166 Å². The molecular formula is C22H26N4O2. The molecule has 0 bridgehead atoms. The van der Waals surface area contributed by atoms with Gasteiger partial charge in [-0.1, -0.05) is 30.3 Å². The number of para-hydroxylation sites is 1. The Morgan fingerprint density at radius 3 is 2.39 bits per heavy atom. The van der Waals surface area contributed by atoms with Crippen molar-refractivity contribution in [1.29, 1.82) is 0 Å². The summed E-state index contributed by atoms with van der Waals surface area (Å²) in [6, 6.07) is 17.8. The van der Waals surface area contributed by atoms with Gasteiger partial charge in [-0.25, -0.2) is 4.68 Å². The van der Waals surface area contributed by atoms with Gasteiger partial charge in [0.05, 0.1) is 25.5 Å². The van der Waals surface area contributed by atoms with Crippen molar-refractivity contribution in [3.8, 4) is 11.4 Å². The maximum Gasteiger partial charge on any atom is 0.236 e. The molecule has 146 valence electrons. The molecule has 0 N–H and O–H groups in total. The number of aromatic nitrogens is 2. The van der Waals surface area contributed by atoms with Gasteiger partial charge < -0.3 is 9.64 Å². The molecule has 0 saturated carbocycles. The summed E-state index contributed by atoms with van der Waals surface area (Å²) in [5.74, 6) is 0.904. The number of amides is 1. The lowest BCUT2D eigenvalue weighted by molar-refractivity contribution is -0.131. The van der Waals surface area contributed by atoms with Crippen molar-refractivity contribution in [3.63, 3.8) is 0 Å². The van der Waals surface area contributed by atoms with E-state index in [1.165, 1.54) is 0 Å². The molecule has 6 heteroatoms. The van der Waals surface area contributed by atoms with Gasteiger partial charge in [-0.2, -0.15) is 5.10 Å². The van der Waals surface area contributed by atoms with E-state index < -0.39 is 0 Å². The Balaban J connectivity index is 1.52. The molecule has 0 aliphatic rings. The van der Waals surface area contributed by atoms with Crippen LogP contribution in [-0.4, -0.2) is 53.2 Å². The summed E-state index contributed by atoms with van der Waals surface area (Å²) in [6.45, 7) is 1.59. The summed E-state index contributed by atoms with van der Waals surface area (Å²) in [4.78, 5) is 16.3. The molecule has 1 heterocycles. The number of hydrogen-bond donors (Lipinski definition) is 0. The summed E-state index contributed by atoms with van der Waals surface area (Å²) in [6.07, 6.45) is 3.76. The van der Waals surface area contributed by atoms with E-state index in [-0.39, 0.29) is 5.91 Å². The van der Waals surface area contributed by atoms with Crippen LogP contribution in [0.3, 0.4) is 0 Å². The average Bonchev–Trinajstić information content (AvgIpc) is 3.17. The number of ether oxygens (including phenoxy) is 1. The smallest absolute Gasteiger partial charge is 0.236 e. The van der Waals surface area contributed by atoms with Crippen LogP contribution in [0.1, 0.15) is 11.1 Å². The summed E-state index contributed by atoms with van der Waals surface area (Å²) in [5.41, 5.74) is 3.14. The number of carbonyl (C=O) groups excluding carboxylic acids is 1. The van der Waals surface area contributed by atoms with Crippen LogP contribution in [-0.2, 0) is 17.9 Å². The molecule has 6 nitrogen and oxygen atoms in total. The third kappa shape index (κ3) is 5.20. The van der Waals surface area contributed by atoms with Crippen molar-refractivity contribution in [3.05, 3.63) is 78.1 Å². The van der Waals surface area contributed by atoms with E-state index in [0.29, 0.717) is 19.6 Å². The Morgan fingerprint density at radius 1 is 1.00 bits per heavy atom. The molecule has 0 fully saturated rings. The summed E-state index contributed by atoms with van der Waals surface area (Å²) >= 11 is 0. The quantitative estimate of drug-likeness (QED) is 0.605. The zero-order chi connectivity index (χ0) is 19.9. The molecule has 0 saturated heterocycles. The molecule has 1 amide bonds. The van der Waals surface area contributed by atoms with Crippen LogP contribution in [0.25, 0.3) is 5.69 Å². The average molecular weight is 378 g/mol. The lowest BCUT2D eigenvalue weighted by atomic mass is 10.2. The second-order valence-electron chi connectivity index (χ2n) is 6.90. The number of carbonyl (C=O) groups is 1. The first-order chi connectivity index (χ1) is 13.5. The maximum atomic E-state index is 12.6. The fraction of sp³-hybridized carbons (Fsp3) is 0.273. The fourth-order valence-electron chi connectivity index (χ4n) is 2.98. The Hall–Kier alpha value is -3.12. The van der Waals surface area contributed by atoms with Crippen LogP contribution in [0.15, 0.2) is 67.0 Å². The molecule has 28 heavy (non-hydrogen) atoms. The van der Waals surface area contributed by atoms with Gasteiger partial charge in [-0.05, 0) is 36.9 Å². The van der Waals surface area contributed by atoms with Gasteiger partial charge in [-0.3, -0.25) is 9.69 Å². The number of rotatable bonds is 8. The van der Waals surface area contributed by atoms with Crippen molar-refractivity contribution >= 4 is 5.91 Å². The first-order valence-corrected chi connectivity index (χ1v) is 9.19. The minimum Gasteiger partial charge on any atom is -0.497 e. The van der Waals surface area contributed by atoms with E-state index in [1.54, 1.807) is 18.2 Å². The zero-order valence-electron chi connectivity index (χ0n) is 16.6. The Bertz CT molecular complexity index is 890. The summed E-state index contributed by atoms with van der Waals surface area (Å²) < 4.78 is 7.00. The van der Waals surface area contributed by atoms with Crippen molar-refractivity contribution in [2.45, 2.75) is 13.1 Å². The van der Waals surface area contributed by atoms with Crippen molar-refractivity contribution in [1.82, 2.24) is 19.6 Å². The lowest BCUT2D eigenvalue weighted by Gasteiger charge is -2.21. The largest absolute Gasteiger partial charge is 0.497 e. The van der Waals surface area contributed by atoms with Crippen LogP contribution in [0.5, 0.6) is 5.75 Å². The first kappa shape index (κ1) is 19.6. The van der Waals surface area contributed by atoms with Crippen LogP contribution >= 0.6 is 0 Å². The van der Waals surface area contributed by atoms with Crippen molar-refractivity contribution in [2.24, 2.45) is 0 Å². The Morgan fingerprint density at radius 2 is 1.71 bits per heavy atom. The van der Waals surface area contributed by atoms with E-state index in [2.05, 4.69) is 5.10 Å². The molecule has 0 spiro atoms. The first-order valence-electron chi connectivity index (χ1n) is 9.19. The van der Waals surface area contributed by atoms with E-state index >= 15 is 0 Å². The standard InChI is InChI=1S/C22H26N4O2/c1-24(14-18-9-11-21(28-3)12-10-18)17-22(27)25(2)15-19-13-23-26(16-19)20-7-5-4-6-8-20/h4-13,16H,14-15,17H2,1-3H3. The van der Waals surface area contributed by atoms with E-state index in [1.807, 2.05) is 84.5 Å². The third-order valence-electron chi connectivity index (χ3n) is 4.52. The zero-order valence-corrected chi connectivity index (χ0v) is 16.6. The highest BCUT2D eigenvalue weighted by Gasteiger charge is 2.13. The minimum absolute atomic E-state index is 0.0727. The number of benzene rings is 2. The Kier molecular flexibility index (Phi) is 6.45. The van der Waals surface area contributed by atoms with Crippen LogP contribution in [0.4, 0.5) is 0 Å². The summed E-state index contributed by atoms with van der Waals surface area (Å²) in [5, 5.41) is 4.39. The molecular weight excluding hydrogens is 352 g/mol. The molecule has 0 unspecified atom stereocenters. The van der Waals surface area contributed by atoms with Gasteiger partial charge in [0.1, 0.15) is 5.75 Å². The molecule has 0 aliphatic heterocycles. The lowest BCUT2D eigenvalue weighted by Crippen LogP contribution is -2.35. The highest BCUT2D eigenvalue weighted by Crippen LogP contribution is 2.13.